The van der Waals surface area contributed by atoms with E-state index in [9.17, 15) is 14.7 Å². The van der Waals surface area contributed by atoms with Gasteiger partial charge in [-0.05, 0) is 58.2 Å². The van der Waals surface area contributed by atoms with Crippen LogP contribution >= 0.6 is 0 Å². The number of hydrogen-bond acceptors (Lipinski definition) is 9. The van der Waals surface area contributed by atoms with Gasteiger partial charge in [0.05, 0.1) is 35.4 Å². The molecule has 2 aromatic rings. The largest absolute Gasteiger partial charge is 0.481 e. The van der Waals surface area contributed by atoms with Gasteiger partial charge in [-0.3, -0.25) is 15.2 Å². The van der Waals surface area contributed by atoms with Gasteiger partial charge < -0.3 is 29.7 Å². The molecule has 2 aliphatic rings. The van der Waals surface area contributed by atoms with Crippen molar-refractivity contribution in [1.82, 2.24) is 14.9 Å². The van der Waals surface area contributed by atoms with Crippen molar-refractivity contribution in [2.24, 2.45) is 0 Å². The molecule has 0 saturated carbocycles. The van der Waals surface area contributed by atoms with Gasteiger partial charge in [-0.25, -0.2) is 9.78 Å². The summed E-state index contributed by atoms with van der Waals surface area (Å²) in [7, 11) is 0. The van der Waals surface area contributed by atoms with Crippen LogP contribution in [0.4, 0.5) is 16.3 Å². The Morgan fingerprint density at radius 1 is 1.21 bits per heavy atom. The molecule has 0 aliphatic carbocycles. The summed E-state index contributed by atoms with van der Waals surface area (Å²) in [5, 5.41) is 21.6. The first kappa shape index (κ1) is 27.3. The summed E-state index contributed by atoms with van der Waals surface area (Å²) >= 11 is 0. The lowest BCUT2D eigenvalue weighted by molar-refractivity contribution is -0.136. The van der Waals surface area contributed by atoms with Crippen LogP contribution in [0.3, 0.4) is 0 Å². The van der Waals surface area contributed by atoms with Crippen molar-refractivity contribution in [3.8, 4) is 0 Å². The number of amides is 1. The molecule has 4 rings (SSSR count). The molecular formula is C27H36N6O5. The number of ether oxygens (including phenoxy) is 2. The maximum absolute atomic E-state index is 12.4. The average Bonchev–Trinajstić information content (AvgIpc) is 2.88. The Morgan fingerprint density at radius 2 is 1.97 bits per heavy atom. The highest BCUT2D eigenvalue weighted by Gasteiger charge is 2.27. The van der Waals surface area contributed by atoms with Gasteiger partial charge in [0.2, 0.25) is 0 Å². The molecule has 0 aromatic carbocycles. The lowest BCUT2D eigenvalue weighted by atomic mass is 10.0. The predicted octanol–water partition coefficient (Wildman–Crippen LogP) is 3.52. The fraction of sp³-hybridized carbons (Fsp3) is 0.519. The third-order valence-corrected chi connectivity index (χ3v) is 6.30. The van der Waals surface area contributed by atoms with Crippen LogP contribution in [0.25, 0.3) is 0 Å². The minimum absolute atomic E-state index is 0.159. The van der Waals surface area contributed by atoms with E-state index in [1.807, 2.05) is 32.9 Å². The Morgan fingerprint density at radius 3 is 2.63 bits per heavy atom. The molecule has 38 heavy (non-hydrogen) atoms. The number of rotatable bonds is 7. The molecule has 0 bridgehead atoms. The second-order valence-electron chi connectivity index (χ2n) is 10.5. The molecular weight excluding hydrogens is 488 g/mol. The third-order valence-electron chi connectivity index (χ3n) is 6.30. The molecule has 11 nitrogen and oxygen atoms in total. The molecule has 2 saturated heterocycles. The lowest BCUT2D eigenvalue weighted by Gasteiger charge is -2.36. The summed E-state index contributed by atoms with van der Waals surface area (Å²) in [6, 6.07) is 7.14. The van der Waals surface area contributed by atoms with Gasteiger partial charge in [-0.15, -0.1) is 0 Å². The van der Waals surface area contributed by atoms with Gasteiger partial charge >= 0.3 is 12.1 Å². The quantitative estimate of drug-likeness (QED) is 0.464. The number of aromatic nitrogens is 2. The topological polar surface area (TPSA) is 141 Å². The normalized spacial score (nSPS) is 18.1. The summed E-state index contributed by atoms with van der Waals surface area (Å²) in [4.78, 5) is 36.5. The van der Waals surface area contributed by atoms with Crippen molar-refractivity contribution in [3.63, 3.8) is 0 Å². The van der Waals surface area contributed by atoms with Crippen LogP contribution in [0.5, 0.6) is 0 Å². The van der Waals surface area contributed by atoms with Gasteiger partial charge in [0.25, 0.3) is 0 Å². The summed E-state index contributed by atoms with van der Waals surface area (Å²) in [5.41, 5.74) is 1.56. The minimum Gasteiger partial charge on any atom is -0.481 e. The van der Waals surface area contributed by atoms with Crippen molar-refractivity contribution in [3.05, 3.63) is 47.4 Å². The predicted molar refractivity (Wildman–Crippen MR) is 143 cm³/mol. The van der Waals surface area contributed by atoms with Crippen LogP contribution < -0.4 is 10.2 Å². The van der Waals surface area contributed by atoms with Crippen LogP contribution in [0.2, 0.25) is 0 Å². The first-order valence-electron chi connectivity index (χ1n) is 13.0. The zero-order valence-electron chi connectivity index (χ0n) is 22.2. The Bertz CT molecular complexity index is 1170. The number of carbonyl (C=O) groups is 2. The van der Waals surface area contributed by atoms with Crippen molar-refractivity contribution in [2.75, 3.05) is 43.0 Å². The van der Waals surface area contributed by atoms with E-state index < -0.39 is 11.6 Å². The molecule has 0 radical (unpaired) electrons. The molecule has 3 N–H and O–H groups in total. The molecule has 4 heterocycles. The molecule has 2 fully saturated rings. The number of anilines is 2. The Balaban J connectivity index is 1.51. The molecule has 2 aliphatic heterocycles. The second kappa shape index (κ2) is 11.8. The fourth-order valence-electron chi connectivity index (χ4n) is 4.42. The lowest BCUT2D eigenvalue weighted by Crippen LogP contribution is -2.50. The van der Waals surface area contributed by atoms with E-state index in [4.69, 9.17) is 19.9 Å². The Labute approximate surface area is 222 Å². The van der Waals surface area contributed by atoms with Crippen molar-refractivity contribution in [1.29, 1.82) is 5.41 Å². The highest BCUT2D eigenvalue weighted by atomic mass is 16.6. The van der Waals surface area contributed by atoms with Crippen LogP contribution in [0, 0.1) is 5.41 Å². The number of nitrogens with zero attached hydrogens (tertiary/aromatic N) is 4. The van der Waals surface area contributed by atoms with Crippen molar-refractivity contribution in [2.45, 2.75) is 58.3 Å². The Hall–Kier alpha value is -3.73. The van der Waals surface area contributed by atoms with Crippen LogP contribution in [-0.2, 0) is 20.7 Å². The van der Waals surface area contributed by atoms with Gasteiger partial charge in [0, 0.05) is 38.3 Å². The molecule has 204 valence electrons. The fourth-order valence-corrected chi connectivity index (χ4v) is 4.42. The van der Waals surface area contributed by atoms with Gasteiger partial charge in [-0.2, -0.15) is 0 Å². The SMILES string of the molecule is CC(C)(C)OC(=O)N1CCN(c2cccc(C(=N)c3cc(CC(=O)O)ncc3NC3CCCCO3)n2)CC1. The molecule has 1 atom stereocenters. The highest BCUT2D eigenvalue weighted by Crippen LogP contribution is 2.24. The number of pyridine rings is 2. The number of hydrogen-bond donors (Lipinski definition) is 3. The summed E-state index contributed by atoms with van der Waals surface area (Å²) in [5.74, 6) is -0.280. The molecule has 11 heteroatoms. The number of piperazine rings is 1. The monoisotopic (exact) mass is 524 g/mol. The van der Waals surface area contributed by atoms with E-state index in [2.05, 4.69) is 15.2 Å². The van der Waals surface area contributed by atoms with Gasteiger partial charge in [0.1, 0.15) is 17.6 Å². The Kier molecular flexibility index (Phi) is 8.45. The van der Waals surface area contributed by atoms with Crippen LogP contribution in [-0.4, -0.2) is 82.4 Å². The number of carboxylic acids is 1. The van der Waals surface area contributed by atoms with Crippen LogP contribution in [0.15, 0.2) is 30.5 Å². The second-order valence-corrected chi connectivity index (χ2v) is 10.5. The third kappa shape index (κ3) is 7.18. The first-order chi connectivity index (χ1) is 18.1. The summed E-state index contributed by atoms with van der Waals surface area (Å²) in [6.45, 7) is 8.42. The number of nitrogens with one attached hydrogen (secondary N) is 2. The molecule has 1 unspecified atom stereocenters. The van der Waals surface area contributed by atoms with E-state index >= 15 is 0 Å². The van der Waals surface area contributed by atoms with E-state index in [-0.39, 0.29) is 24.5 Å². The van der Waals surface area contributed by atoms with Crippen molar-refractivity contribution < 1.29 is 24.2 Å². The number of aliphatic carboxylic acids is 1. The zero-order valence-corrected chi connectivity index (χ0v) is 22.2. The number of carbonyl (C=O) groups excluding carboxylic acids is 1. The van der Waals surface area contributed by atoms with Gasteiger partial charge in [0.15, 0.2) is 0 Å². The van der Waals surface area contributed by atoms with Crippen LogP contribution in [0.1, 0.15) is 57.0 Å². The average molecular weight is 525 g/mol. The smallest absolute Gasteiger partial charge is 0.410 e. The standard InChI is InChI=1S/C27H36N6O5/c1-27(2,3)38-26(36)33-12-10-32(11-13-33)22-8-6-7-20(30-22)25(28)19-15-18(16-24(34)35)29-17-21(19)31-23-9-4-5-14-37-23/h6-8,15,17,23,28,31H,4-5,9-14,16H2,1-3H3,(H,34,35). The molecule has 1 amide bonds. The van der Waals surface area contributed by atoms with Gasteiger partial charge in [-0.1, -0.05) is 6.07 Å². The highest BCUT2D eigenvalue weighted by molar-refractivity contribution is 6.13. The first-order valence-corrected chi connectivity index (χ1v) is 13.0. The maximum atomic E-state index is 12.4. The molecule has 0 spiro atoms. The van der Waals surface area contributed by atoms with Crippen molar-refractivity contribution >= 4 is 29.3 Å². The van der Waals surface area contributed by atoms with E-state index in [0.717, 1.165) is 19.3 Å². The van der Waals surface area contributed by atoms with E-state index in [0.29, 0.717) is 61.2 Å². The zero-order chi connectivity index (χ0) is 27.3. The molecule has 2 aromatic heterocycles. The summed E-state index contributed by atoms with van der Waals surface area (Å²) < 4.78 is 11.3. The maximum Gasteiger partial charge on any atom is 0.410 e. The van der Waals surface area contributed by atoms with E-state index in [1.54, 1.807) is 23.2 Å². The van der Waals surface area contributed by atoms with E-state index in [1.165, 1.54) is 0 Å². The minimum atomic E-state index is -0.989. The summed E-state index contributed by atoms with van der Waals surface area (Å²) in [6.07, 6.45) is 3.71. The number of carboxylic acid groups (broad SMARTS) is 1.